The summed E-state index contributed by atoms with van der Waals surface area (Å²) >= 11 is 0. The molecule has 3 aromatic rings. The van der Waals surface area contributed by atoms with Gasteiger partial charge in [0.05, 0.1) is 24.4 Å². The van der Waals surface area contributed by atoms with Gasteiger partial charge in [0, 0.05) is 25.0 Å². The summed E-state index contributed by atoms with van der Waals surface area (Å²) in [6.45, 7) is 3.25. The molecule has 0 bridgehead atoms. The zero-order valence-corrected chi connectivity index (χ0v) is 16.1. The number of benzene rings is 2. The van der Waals surface area contributed by atoms with Crippen LogP contribution in [0.4, 0.5) is 0 Å². The molecule has 0 saturated heterocycles. The third-order valence-electron chi connectivity index (χ3n) is 4.34. The minimum atomic E-state index is -2.76. The first kappa shape index (κ1) is 19.1. The van der Waals surface area contributed by atoms with Gasteiger partial charge in [0.1, 0.15) is 0 Å². The molecule has 2 aromatic carbocycles. The summed E-state index contributed by atoms with van der Waals surface area (Å²) in [6.07, 6.45) is 1.80. The van der Waals surface area contributed by atoms with Gasteiger partial charge < -0.3 is 4.74 Å². The zero-order valence-electron chi connectivity index (χ0n) is 15.2. The maximum atomic E-state index is 11.7. The summed E-state index contributed by atoms with van der Waals surface area (Å²) < 4.78 is 31.4. The quantitative estimate of drug-likeness (QED) is 0.497. The minimum absolute atomic E-state index is 0.227. The average Bonchev–Trinajstić information content (AvgIpc) is 3.09. The SMILES string of the molecule is CCn1ncc2ccc(CN(Cc3ccc(C(=O)OC)cc3)[SH](=O)=O)cc21. The number of carbonyl (C=O) groups is 1. The van der Waals surface area contributed by atoms with Crippen molar-refractivity contribution in [2.24, 2.45) is 0 Å². The Morgan fingerprint density at radius 2 is 1.78 bits per heavy atom. The molecule has 8 heteroatoms. The van der Waals surface area contributed by atoms with E-state index < -0.39 is 16.9 Å². The topological polar surface area (TPSA) is 81.5 Å². The lowest BCUT2D eigenvalue weighted by Gasteiger charge is -2.16. The summed E-state index contributed by atoms with van der Waals surface area (Å²) in [5.74, 6) is -0.422. The summed E-state index contributed by atoms with van der Waals surface area (Å²) in [5.41, 5.74) is 3.10. The highest BCUT2D eigenvalue weighted by Crippen LogP contribution is 2.18. The predicted octanol–water partition coefficient (Wildman–Crippen LogP) is 2.37. The van der Waals surface area contributed by atoms with Gasteiger partial charge in [-0.05, 0) is 36.2 Å². The van der Waals surface area contributed by atoms with Gasteiger partial charge in [-0.3, -0.25) is 4.68 Å². The number of methoxy groups -OCH3 is 1. The Labute approximate surface area is 159 Å². The van der Waals surface area contributed by atoms with E-state index in [0.29, 0.717) is 5.56 Å². The Morgan fingerprint density at radius 1 is 1.11 bits per heavy atom. The number of ether oxygens (including phenoxy) is 1. The third kappa shape index (κ3) is 4.35. The minimum Gasteiger partial charge on any atom is -0.465 e. The number of fused-ring (bicyclic) bond motifs is 1. The number of esters is 1. The second-order valence-corrected chi connectivity index (χ2v) is 7.14. The van der Waals surface area contributed by atoms with Crippen molar-refractivity contribution in [1.82, 2.24) is 14.1 Å². The molecule has 3 rings (SSSR count). The molecule has 7 nitrogen and oxygen atoms in total. The average molecular weight is 387 g/mol. The summed E-state index contributed by atoms with van der Waals surface area (Å²) in [6, 6.07) is 12.5. The van der Waals surface area contributed by atoms with Gasteiger partial charge in [-0.2, -0.15) is 9.40 Å². The van der Waals surface area contributed by atoms with E-state index in [-0.39, 0.29) is 13.1 Å². The first-order chi connectivity index (χ1) is 13.0. The lowest BCUT2D eigenvalue weighted by molar-refractivity contribution is 0.0600. The van der Waals surface area contributed by atoms with Crippen LogP contribution in [0.2, 0.25) is 0 Å². The van der Waals surface area contributed by atoms with Crippen molar-refractivity contribution in [3.63, 3.8) is 0 Å². The number of hydrogen-bond acceptors (Lipinski definition) is 5. The van der Waals surface area contributed by atoms with Crippen LogP contribution >= 0.6 is 0 Å². The number of aryl methyl sites for hydroxylation is 1. The molecule has 0 spiro atoms. The Bertz CT molecular complexity index is 1020. The molecule has 0 aliphatic heterocycles. The third-order valence-corrected chi connectivity index (χ3v) is 5.09. The molecule has 0 fully saturated rings. The molecule has 1 heterocycles. The van der Waals surface area contributed by atoms with Gasteiger partial charge in [-0.1, -0.05) is 24.3 Å². The second kappa shape index (κ2) is 8.32. The largest absolute Gasteiger partial charge is 0.465 e. The molecule has 27 heavy (non-hydrogen) atoms. The van der Waals surface area contributed by atoms with Crippen LogP contribution in [0.15, 0.2) is 48.7 Å². The molecular weight excluding hydrogens is 366 g/mol. The van der Waals surface area contributed by atoms with Crippen LogP contribution in [0.5, 0.6) is 0 Å². The number of aromatic nitrogens is 2. The van der Waals surface area contributed by atoms with Gasteiger partial charge in [0.2, 0.25) is 10.9 Å². The van der Waals surface area contributed by atoms with Crippen molar-refractivity contribution in [1.29, 1.82) is 0 Å². The van der Waals surface area contributed by atoms with Crippen molar-refractivity contribution in [3.05, 3.63) is 65.4 Å². The number of hydrogen-bond donors (Lipinski definition) is 1. The van der Waals surface area contributed by atoms with E-state index in [1.54, 1.807) is 30.5 Å². The smallest absolute Gasteiger partial charge is 0.337 e. The van der Waals surface area contributed by atoms with Gasteiger partial charge in [0.15, 0.2) is 0 Å². The molecule has 0 amide bonds. The van der Waals surface area contributed by atoms with Crippen molar-refractivity contribution in [2.45, 2.75) is 26.6 Å². The summed E-state index contributed by atoms with van der Waals surface area (Å²) in [7, 11) is -1.44. The monoisotopic (exact) mass is 387 g/mol. The van der Waals surface area contributed by atoms with Crippen LogP contribution in [0.1, 0.15) is 28.4 Å². The van der Waals surface area contributed by atoms with E-state index in [2.05, 4.69) is 9.84 Å². The van der Waals surface area contributed by atoms with E-state index in [4.69, 9.17) is 0 Å². The number of nitrogens with zero attached hydrogens (tertiary/aromatic N) is 3. The van der Waals surface area contributed by atoms with Crippen LogP contribution in [-0.4, -0.2) is 35.6 Å². The maximum Gasteiger partial charge on any atom is 0.337 e. The van der Waals surface area contributed by atoms with Crippen LogP contribution in [-0.2, 0) is 35.3 Å². The van der Waals surface area contributed by atoms with E-state index in [0.717, 1.165) is 28.6 Å². The summed E-state index contributed by atoms with van der Waals surface area (Å²) in [5, 5.41) is 5.34. The molecule has 0 aliphatic carbocycles. The van der Waals surface area contributed by atoms with E-state index in [9.17, 15) is 13.2 Å². The Balaban J connectivity index is 1.79. The molecule has 0 saturated carbocycles. The first-order valence-electron chi connectivity index (χ1n) is 8.52. The summed E-state index contributed by atoms with van der Waals surface area (Å²) in [4.78, 5) is 11.5. The number of thiol groups is 1. The van der Waals surface area contributed by atoms with E-state index >= 15 is 0 Å². The van der Waals surface area contributed by atoms with Crippen molar-refractivity contribution < 1.29 is 17.9 Å². The lowest BCUT2D eigenvalue weighted by Crippen LogP contribution is -2.21. The molecule has 0 aliphatic rings. The van der Waals surface area contributed by atoms with Crippen molar-refractivity contribution in [2.75, 3.05) is 7.11 Å². The van der Waals surface area contributed by atoms with Crippen molar-refractivity contribution in [3.8, 4) is 0 Å². The Kier molecular flexibility index (Phi) is 5.88. The standard InChI is InChI=1S/C19H21N3O4S/c1-3-22-18-10-15(6-9-17(18)11-20-22)13-21(27(24)25)12-14-4-7-16(8-5-14)19(23)26-2/h4-11,27H,3,12-13H2,1-2H3. The molecule has 0 unspecified atom stereocenters. The van der Waals surface area contributed by atoms with Gasteiger partial charge in [0.25, 0.3) is 0 Å². The first-order valence-corrected chi connectivity index (χ1v) is 9.65. The fourth-order valence-corrected chi connectivity index (χ4v) is 3.48. The Morgan fingerprint density at radius 3 is 2.41 bits per heavy atom. The predicted molar refractivity (Wildman–Crippen MR) is 103 cm³/mol. The maximum absolute atomic E-state index is 11.7. The fourth-order valence-electron chi connectivity index (χ4n) is 2.92. The Hall–Kier alpha value is -2.71. The second-order valence-electron chi connectivity index (χ2n) is 6.10. The number of rotatable bonds is 7. The van der Waals surface area contributed by atoms with Crippen molar-refractivity contribution >= 4 is 27.8 Å². The van der Waals surface area contributed by atoms with E-state index in [1.807, 2.05) is 29.8 Å². The van der Waals surface area contributed by atoms with Gasteiger partial charge in [-0.25, -0.2) is 13.2 Å². The molecule has 0 atom stereocenters. The van der Waals surface area contributed by atoms with Gasteiger partial charge in [-0.15, -0.1) is 0 Å². The fraction of sp³-hybridized carbons (Fsp3) is 0.263. The highest BCUT2D eigenvalue weighted by atomic mass is 32.2. The molecule has 0 radical (unpaired) electrons. The van der Waals surface area contributed by atoms with Crippen LogP contribution in [0, 0.1) is 0 Å². The highest BCUT2D eigenvalue weighted by molar-refractivity contribution is 7.69. The van der Waals surface area contributed by atoms with E-state index in [1.165, 1.54) is 11.4 Å². The molecular formula is C19H21N3O4S. The van der Waals surface area contributed by atoms with Crippen LogP contribution < -0.4 is 0 Å². The van der Waals surface area contributed by atoms with Crippen LogP contribution in [0.25, 0.3) is 10.9 Å². The van der Waals surface area contributed by atoms with Crippen LogP contribution in [0.3, 0.4) is 0 Å². The normalized spacial score (nSPS) is 11.4. The van der Waals surface area contributed by atoms with Gasteiger partial charge >= 0.3 is 5.97 Å². The number of carbonyl (C=O) groups excluding carboxylic acids is 1. The molecule has 142 valence electrons. The zero-order chi connectivity index (χ0) is 19.4. The molecule has 1 aromatic heterocycles. The lowest BCUT2D eigenvalue weighted by atomic mass is 10.1. The highest BCUT2D eigenvalue weighted by Gasteiger charge is 2.12. The molecule has 0 N–H and O–H groups in total.